The number of benzene rings is 1. The van der Waals surface area contributed by atoms with Crippen molar-refractivity contribution in [3.05, 3.63) is 41.8 Å². The lowest BCUT2D eigenvalue weighted by molar-refractivity contribution is 0.0963. The van der Waals surface area contributed by atoms with Crippen LogP contribution in [0.3, 0.4) is 0 Å². The van der Waals surface area contributed by atoms with Gasteiger partial charge >= 0.3 is 6.09 Å². The van der Waals surface area contributed by atoms with Crippen molar-refractivity contribution in [1.82, 2.24) is 4.98 Å². The molecule has 1 fully saturated rings. The van der Waals surface area contributed by atoms with E-state index < -0.39 is 11.9 Å². The van der Waals surface area contributed by atoms with Gasteiger partial charge in [0.25, 0.3) is 0 Å². The lowest BCUT2D eigenvalue weighted by atomic mass is 10.0. The summed E-state index contributed by atoms with van der Waals surface area (Å²) in [5, 5.41) is 0. The zero-order valence-corrected chi connectivity index (χ0v) is 14.9. The quantitative estimate of drug-likeness (QED) is 0.810. The largest absolute Gasteiger partial charge is 0.494 e. The number of ether oxygens (including phenoxy) is 2. The molecule has 0 bridgehead atoms. The number of aromatic nitrogens is 1. The molecule has 1 aliphatic heterocycles. The molecule has 2 aromatic rings. The first kappa shape index (κ1) is 18.6. The second-order valence-corrected chi connectivity index (χ2v) is 6.24. The lowest BCUT2D eigenvalue weighted by Gasteiger charge is -2.34. The van der Waals surface area contributed by atoms with Gasteiger partial charge in [0, 0.05) is 17.7 Å². The molecule has 0 aliphatic carbocycles. The Morgan fingerprint density at radius 2 is 2.22 bits per heavy atom. The van der Waals surface area contributed by atoms with E-state index in [-0.39, 0.29) is 11.9 Å². The second-order valence-electron chi connectivity index (χ2n) is 6.24. The molecule has 1 aliphatic rings. The van der Waals surface area contributed by atoms with Gasteiger partial charge in [0.05, 0.1) is 31.2 Å². The van der Waals surface area contributed by atoms with Crippen LogP contribution in [0.25, 0.3) is 11.3 Å². The summed E-state index contributed by atoms with van der Waals surface area (Å²) < 4.78 is 23.9. The van der Waals surface area contributed by atoms with E-state index in [0.29, 0.717) is 42.0 Å². The van der Waals surface area contributed by atoms with Crippen LogP contribution in [0.15, 0.2) is 30.5 Å². The van der Waals surface area contributed by atoms with Crippen molar-refractivity contribution in [2.24, 2.45) is 5.73 Å². The molecule has 0 unspecified atom stereocenters. The number of hydrogen-bond donors (Lipinski definition) is 1. The predicted molar refractivity (Wildman–Crippen MR) is 97.5 cm³/mol. The van der Waals surface area contributed by atoms with Crippen molar-refractivity contribution in [1.29, 1.82) is 0 Å². The highest BCUT2D eigenvalue weighted by Crippen LogP contribution is 2.29. The van der Waals surface area contributed by atoms with Crippen LogP contribution in [-0.2, 0) is 4.74 Å². The van der Waals surface area contributed by atoms with Gasteiger partial charge in [-0.3, -0.25) is 9.78 Å². The topological polar surface area (TPSA) is 94.7 Å². The van der Waals surface area contributed by atoms with E-state index in [1.54, 1.807) is 18.3 Å². The van der Waals surface area contributed by atoms with E-state index in [0.717, 1.165) is 12.7 Å². The zero-order chi connectivity index (χ0) is 19.4. The number of carbonyl (C=O) groups excluding carboxylic acids is 2. The Balaban J connectivity index is 1.87. The first-order chi connectivity index (χ1) is 13.0. The first-order valence-corrected chi connectivity index (χ1v) is 8.52. The summed E-state index contributed by atoms with van der Waals surface area (Å²) in [6.45, 7) is 1.14. The Kier molecular flexibility index (Phi) is 5.54. The summed E-state index contributed by atoms with van der Waals surface area (Å²) in [7, 11) is 1.39. The van der Waals surface area contributed by atoms with Gasteiger partial charge in [-0.1, -0.05) is 0 Å². The van der Waals surface area contributed by atoms with E-state index in [1.807, 2.05) is 4.90 Å². The molecule has 2 heterocycles. The van der Waals surface area contributed by atoms with Crippen molar-refractivity contribution in [3.8, 4) is 17.0 Å². The Bertz CT molecular complexity index is 859. The molecule has 27 heavy (non-hydrogen) atoms. The van der Waals surface area contributed by atoms with Crippen LogP contribution in [0, 0.1) is 5.82 Å². The highest BCUT2D eigenvalue weighted by molar-refractivity contribution is 5.86. The Morgan fingerprint density at radius 3 is 2.89 bits per heavy atom. The minimum absolute atomic E-state index is 0.139. The van der Waals surface area contributed by atoms with Crippen LogP contribution in [0.4, 0.5) is 14.9 Å². The molecule has 3 rings (SSSR count). The zero-order valence-electron chi connectivity index (χ0n) is 14.9. The Morgan fingerprint density at radius 1 is 1.41 bits per heavy atom. The number of carbonyl (C=O) groups is 2. The van der Waals surface area contributed by atoms with Gasteiger partial charge in [0.1, 0.15) is 6.10 Å². The number of piperidine rings is 1. The highest BCUT2D eigenvalue weighted by atomic mass is 19.1. The van der Waals surface area contributed by atoms with Crippen molar-refractivity contribution in [2.45, 2.75) is 18.9 Å². The number of hydrogen-bond acceptors (Lipinski definition) is 6. The molecule has 142 valence electrons. The summed E-state index contributed by atoms with van der Waals surface area (Å²) >= 11 is 0. The maximum atomic E-state index is 14.0. The van der Waals surface area contributed by atoms with Gasteiger partial charge in [0.15, 0.2) is 17.9 Å². The third kappa shape index (κ3) is 4.16. The predicted octanol–water partition coefficient (Wildman–Crippen LogP) is 2.77. The van der Waals surface area contributed by atoms with Gasteiger partial charge in [-0.25, -0.2) is 9.18 Å². The average molecular weight is 373 g/mol. The number of aldehydes is 1. The van der Waals surface area contributed by atoms with Crippen molar-refractivity contribution in [2.75, 3.05) is 25.1 Å². The molecule has 0 spiro atoms. The number of nitrogens with two attached hydrogens (primary N) is 1. The molecule has 8 heteroatoms. The van der Waals surface area contributed by atoms with Gasteiger partial charge in [0.2, 0.25) is 0 Å². The monoisotopic (exact) mass is 373 g/mol. The molecule has 7 nitrogen and oxygen atoms in total. The van der Waals surface area contributed by atoms with Crippen LogP contribution in [-0.4, -0.2) is 43.7 Å². The summed E-state index contributed by atoms with van der Waals surface area (Å²) in [6, 6.07) is 6.11. The molecular formula is C19H20FN3O4. The molecule has 1 aromatic heterocycles. The van der Waals surface area contributed by atoms with E-state index in [9.17, 15) is 14.0 Å². The Hall–Kier alpha value is -3.16. The number of primary amides is 1. The Labute approximate surface area is 155 Å². The van der Waals surface area contributed by atoms with Gasteiger partial charge in [-0.2, -0.15) is 0 Å². The SMILES string of the molecule is COc1ccc(-c2cc(C=O)c(N3CCC[C@@H](OC(N)=O)C3)cn2)cc1F. The summed E-state index contributed by atoms with van der Waals surface area (Å²) in [5.41, 5.74) is 7.17. The number of halogens is 1. The fraction of sp³-hybridized carbons (Fsp3) is 0.316. The number of amides is 1. The molecule has 1 saturated heterocycles. The van der Waals surface area contributed by atoms with Crippen molar-refractivity contribution in [3.63, 3.8) is 0 Å². The standard InChI is InChI=1S/C19H20FN3O4/c1-26-18-5-4-12(7-15(18)20)16-8-13(11-24)17(9-22-16)23-6-2-3-14(10-23)27-19(21)25/h4-5,7-9,11,14H,2-3,6,10H2,1H3,(H2,21,25)/t14-/m1/s1. The smallest absolute Gasteiger partial charge is 0.404 e. The van der Waals surface area contributed by atoms with Crippen LogP contribution in [0.2, 0.25) is 0 Å². The number of methoxy groups -OCH3 is 1. The van der Waals surface area contributed by atoms with E-state index >= 15 is 0 Å². The number of rotatable bonds is 5. The van der Waals surface area contributed by atoms with E-state index in [2.05, 4.69) is 4.98 Å². The highest BCUT2D eigenvalue weighted by Gasteiger charge is 2.24. The van der Waals surface area contributed by atoms with Gasteiger partial charge in [-0.15, -0.1) is 0 Å². The van der Waals surface area contributed by atoms with E-state index in [1.165, 1.54) is 19.2 Å². The number of pyridine rings is 1. The molecular weight excluding hydrogens is 353 g/mol. The van der Waals surface area contributed by atoms with Crippen molar-refractivity contribution >= 4 is 18.1 Å². The van der Waals surface area contributed by atoms with Crippen LogP contribution in [0.5, 0.6) is 5.75 Å². The summed E-state index contributed by atoms with van der Waals surface area (Å²) in [4.78, 5) is 28.9. The number of nitrogens with zero attached hydrogens (tertiary/aromatic N) is 2. The summed E-state index contributed by atoms with van der Waals surface area (Å²) in [5.74, 6) is -0.365. The molecule has 1 aromatic carbocycles. The average Bonchev–Trinajstić information content (AvgIpc) is 2.67. The fourth-order valence-electron chi connectivity index (χ4n) is 3.22. The van der Waals surface area contributed by atoms with Crippen LogP contribution >= 0.6 is 0 Å². The normalized spacial score (nSPS) is 16.7. The molecule has 2 N–H and O–H groups in total. The van der Waals surface area contributed by atoms with Crippen LogP contribution in [0.1, 0.15) is 23.2 Å². The van der Waals surface area contributed by atoms with Gasteiger partial charge in [-0.05, 0) is 37.1 Å². The minimum Gasteiger partial charge on any atom is -0.494 e. The maximum Gasteiger partial charge on any atom is 0.404 e. The first-order valence-electron chi connectivity index (χ1n) is 8.52. The lowest BCUT2D eigenvalue weighted by Crippen LogP contribution is -2.41. The third-order valence-corrected chi connectivity index (χ3v) is 4.49. The fourth-order valence-corrected chi connectivity index (χ4v) is 3.22. The van der Waals surface area contributed by atoms with Crippen LogP contribution < -0.4 is 15.4 Å². The number of anilines is 1. The minimum atomic E-state index is -0.813. The summed E-state index contributed by atoms with van der Waals surface area (Å²) in [6.07, 6.45) is 2.68. The maximum absolute atomic E-state index is 14.0. The molecule has 1 amide bonds. The second kappa shape index (κ2) is 8.03. The molecule has 0 saturated carbocycles. The van der Waals surface area contributed by atoms with E-state index in [4.69, 9.17) is 15.2 Å². The van der Waals surface area contributed by atoms with Gasteiger partial charge < -0.3 is 20.1 Å². The molecule has 1 atom stereocenters. The van der Waals surface area contributed by atoms with Crippen molar-refractivity contribution < 1.29 is 23.5 Å². The third-order valence-electron chi connectivity index (χ3n) is 4.49. The molecule has 0 radical (unpaired) electrons.